The Kier molecular flexibility index (Phi) is 5.68. The molecule has 1 aromatic heterocycles. The number of hydrogen-bond donors (Lipinski definition) is 2. The van der Waals surface area contributed by atoms with Crippen LogP contribution in [0.1, 0.15) is 21.5 Å². The molecule has 3 rings (SSSR count). The number of alkyl halides is 6. The zero-order valence-corrected chi connectivity index (χ0v) is 15.0. The molecular formula is C20H13F6N3O. The van der Waals surface area contributed by atoms with Gasteiger partial charge in [0.15, 0.2) is 0 Å². The lowest BCUT2D eigenvalue weighted by Crippen LogP contribution is -2.15. The van der Waals surface area contributed by atoms with Gasteiger partial charge in [0, 0.05) is 17.6 Å². The maximum absolute atomic E-state index is 12.7. The van der Waals surface area contributed by atoms with E-state index >= 15 is 0 Å². The van der Waals surface area contributed by atoms with E-state index in [0.717, 1.165) is 36.4 Å². The number of nitrogens with zero attached hydrogens (tertiary/aromatic N) is 1. The standard InChI is InChI=1S/C20H13F6N3O/c21-19(22,23)12-3-7-14(8-4-12)28-17-16(2-1-11-27-17)18(30)29-15-9-5-13(6-10-15)20(24,25)26/h1-11H,(H,27,28)(H,29,30). The highest BCUT2D eigenvalue weighted by atomic mass is 19.4. The van der Waals surface area contributed by atoms with Gasteiger partial charge in [-0.3, -0.25) is 4.79 Å². The summed E-state index contributed by atoms with van der Waals surface area (Å²) in [7, 11) is 0. The molecular weight excluding hydrogens is 412 g/mol. The van der Waals surface area contributed by atoms with Gasteiger partial charge >= 0.3 is 12.4 Å². The third kappa shape index (κ3) is 5.07. The van der Waals surface area contributed by atoms with Crippen LogP contribution in [0.15, 0.2) is 66.9 Å². The molecule has 0 saturated carbocycles. The van der Waals surface area contributed by atoms with Gasteiger partial charge < -0.3 is 10.6 Å². The van der Waals surface area contributed by atoms with E-state index in [2.05, 4.69) is 15.6 Å². The molecule has 0 unspecified atom stereocenters. The van der Waals surface area contributed by atoms with Crippen LogP contribution >= 0.6 is 0 Å². The zero-order chi connectivity index (χ0) is 21.9. The highest BCUT2D eigenvalue weighted by Crippen LogP contribution is 2.31. The van der Waals surface area contributed by atoms with Gasteiger partial charge in [-0.1, -0.05) is 0 Å². The number of aromatic nitrogens is 1. The molecule has 0 saturated heterocycles. The van der Waals surface area contributed by atoms with Crippen LogP contribution in [-0.2, 0) is 12.4 Å². The highest BCUT2D eigenvalue weighted by molar-refractivity contribution is 6.07. The van der Waals surface area contributed by atoms with Crippen molar-refractivity contribution in [3.8, 4) is 0 Å². The molecule has 3 aromatic rings. The SMILES string of the molecule is O=C(Nc1ccc(C(F)(F)F)cc1)c1cccnc1Nc1ccc(C(F)(F)F)cc1. The fraction of sp³-hybridized carbons (Fsp3) is 0.100. The quantitative estimate of drug-likeness (QED) is 0.496. The number of carbonyl (C=O) groups excluding carboxylic acids is 1. The van der Waals surface area contributed by atoms with E-state index in [1.165, 1.54) is 30.5 Å². The normalized spacial score (nSPS) is 11.8. The monoisotopic (exact) mass is 425 g/mol. The summed E-state index contributed by atoms with van der Waals surface area (Å²) in [5.74, 6) is -0.584. The molecule has 156 valence electrons. The zero-order valence-electron chi connectivity index (χ0n) is 15.0. The number of anilines is 3. The molecule has 4 nitrogen and oxygen atoms in total. The predicted octanol–water partition coefficient (Wildman–Crippen LogP) is 6.12. The van der Waals surface area contributed by atoms with E-state index < -0.39 is 29.4 Å². The van der Waals surface area contributed by atoms with Crippen molar-refractivity contribution in [2.24, 2.45) is 0 Å². The lowest BCUT2D eigenvalue weighted by atomic mass is 10.1. The summed E-state index contributed by atoms with van der Waals surface area (Å²) >= 11 is 0. The second-order valence-electron chi connectivity index (χ2n) is 6.13. The molecule has 10 heteroatoms. The van der Waals surface area contributed by atoms with Crippen LogP contribution in [0.4, 0.5) is 43.5 Å². The van der Waals surface area contributed by atoms with Crippen LogP contribution in [0.25, 0.3) is 0 Å². The van der Waals surface area contributed by atoms with Crippen molar-refractivity contribution < 1.29 is 31.1 Å². The summed E-state index contributed by atoms with van der Waals surface area (Å²) < 4.78 is 75.9. The van der Waals surface area contributed by atoms with E-state index in [-0.39, 0.29) is 22.8 Å². The van der Waals surface area contributed by atoms with Crippen LogP contribution in [0, 0.1) is 0 Å². The van der Waals surface area contributed by atoms with Crippen molar-refractivity contribution in [1.29, 1.82) is 0 Å². The summed E-state index contributed by atoms with van der Waals surface area (Å²) in [4.78, 5) is 16.5. The molecule has 0 aliphatic carbocycles. The highest BCUT2D eigenvalue weighted by Gasteiger charge is 2.30. The summed E-state index contributed by atoms with van der Waals surface area (Å²) in [5.41, 5.74) is -1.22. The number of rotatable bonds is 4. The number of hydrogen-bond acceptors (Lipinski definition) is 3. The molecule has 1 heterocycles. The van der Waals surface area contributed by atoms with Crippen LogP contribution in [-0.4, -0.2) is 10.9 Å². The van der Waals surface area contributed by atoms with E-state index in [1.807, 2.05) is 0 Å². The molecule has 0 bridgehead atoms. The maximum Gasteiger partial charge on any atom is 0.416 e. The Balaban J connectivity index is 1.77. The molecule has 0 atom stereocenters. The van der Waals surface area contributed by atoms with E-state index in [0.29, 0.717) is 0 Å². The second-order valence-corrected chi connectivity index (χ2v) is 6.13. The van der Waals surface area contributed by atoms with Gasteiger partial charge in [0.05, 0.1) is 16.7 Å². The summed E-state index contributed by atoms with van der Waals surface area (Å²) in [6, 6.07) is 10.9. The first kappa shape index (κ1) is 21.2. The number of carbonyl (C=O) groups is 1. The molecule has 30 heavy (non-hydrogen) atoms. The van der Waals surface area contributed by atoms with Crippen molar-refractivity contribution >= 4 is 23.1 Å². The number of pyridine rings is 1. The Morgan fingerprint density at radius 3 is 1.73 bits per heavy atom. The molecule has 1 amide bonds. The minimum Gasteiger partial charge on any atom is -0.340 e. The van der Waals surface area contributed by atoms with Gasteiger partial charge in [-0.15, -0.1) is 0 Å². The van der Waals surface area contributed by atoms with Crippen LogP contribution < -0.4 is 10.6 Å². The Hall–Kier alpha value is -3.56. The van der Waals surface area contributed by atoms with Gasteiger partial charge in [0.2, 0.25) is 0 Å². The Morgan fingerprint density at radius 2 is 1.23 bits per heavy atom. The van der Waals surface area contributed by atoms with Crippen molar-refractivity contribution in [2.75, 3.05) is 10.6 Å². The average molecular weight is 425 g/mol. The van der Waals surface area contributed by atoms with Crippen molar-refractivity contribution in [2.45, 2.75) is 12.4 Å². The maximum atomic E-state index is 12.7. The van der Waals surface area contributed by atoms with Gasteiger partial charge in [-0.05, 0) is 60.7 Å². The van der Waals surface area contributed by atoms with Gasteiger partial charge in [-0.25, -0.2) is 4.98 Å². The third-order valence-corrected chi connectivity index (χ3v) is 4.00. The largest absolute Gasteiger partial charge is 0.416 e. The first-order valence-corrected chi connectivity index (χ1v) is 8.42. The lowest BCUT2D eigenvalue weighted by Gasteiger charge is -2.13. The Morgan fingerprint density at radius 1 is 0.733 bits per heavy atom. The topological polar surface area (TPSA) is 54.0 Å². The fourth-order valence-electron chi connectivity index (χ4n) is 2.51. The third-order valence-electron chi connectivity index (χ3n) is 4.00. The molecule has 0 aliphatic heterocycles. The van der Waals surface area contributed by atoms with E-state index in [9.17, 15) is 31.1 Å². The first-order valence-electron chi connectivity index (χ1n) is 8.42. The summed E-state index contributed by atoms with van der Waals surface area (Å²) in [5, 5.41) is 5.22. The van der Waals surface area contributed by atoms with Crippen molar-refractivity contribution in [3.05, 3.63) is 83.6 Å². The summed E-state index contributed by atoms with van der Waals surface area (Å²) in [6.07, 6.45) is -7.60. The molecule has 2 aromatic carbocycles. The Labute approximate surface area is 166 Å². The number of amides is 1. The molecule has 2 N–H and O–H groups in total. The predicted molar refractivity (Wildman–Crippen MR) is 98.4 cm³/mol. The molecule has 0 aliphatic rings. The van der Waals surface area contributed by atoms with E-state index in [4.69, 9.17) is 0 Å². The van der Waals surface area contributed by atoms with Gasteiger partial charge in [0.1, 0.15) is 5.82 Å². The number of halogens is 6. The molecule has 0 radical (unpaired) electrons. The number of benzene rings is 2. The van der Waals surface area contributed by atoms with Gasteiger partial charge in [0.25, 0.3) is 5.91 Å². The first-order chi connectivity index (χ1) is 14.0. The van der Waals surface area contributed by atoms with Crippen LogP contribution in [0.2, 0.25) is 0 Å². The van der Waals surface area contributed by atoms with Crippen LogP contribution in [0.3, 0.4) is 0 Å². The minimum atomic E-state index is -4.50. The second kappa shape index (κ2) is 8.05. The molecule has 0 fully saturated rings. The lowest BCUT2D eigenvalue weighted by molar-refractivity contribution is -0.138. The summed E-state index contributed by atoms with van der Waals surface area (Å²) in [6.45, 7) is 0. The Bertz CT molecular complexity index is 1030. The van der Waals surface area contributed by atoms with Gasteiger partial charge in [-0.2, -0.15) is 26.3 Å². The smallest absolute Gasteiger partial charge is 0.340 e. The van der Waals surface area contributed by atoms with Crippen LogP contribution in [0.5, 0.6) is 0 Å². The number of nitrogens with one attached hydrogen (secondary N) is 2. The van der Waals surface area contributed by atoms with E-state index in [1.54, 1.807) is 0 Å². The molecule has 0 spiro atoms. The van der Waals surface area contributed by atoms with Crippen molar-refractivity contribution in [3.63, 3.8) is 0 Å². The fourth-order valence-corrected chi connectivity index (χ4v) is 2.51. The van der Waals surface area contributed by atoms with Crippen molar-refractivity contribution in [1.82, 2.24) is 4.98 Å². The average Bonchev–Trinajstić information content (AvgIpc) is 2.68. The minimum absolute atomic E-state index is 0.0531.